The smallest absolute Gasteiger partial charge is 0.238 e. The van der Waals surface area contributed by atoms with E-state index in [1.165, 1.54) is 0 Å². The number of aromatic nitrogens is 2. The normalized spacial score (nSPS) is 15.0. The number of amides is 1. The van der Waals surface area contributed by atoms with Crippen molar-refractivity contribution in [1.29, 1.82) is 0 Å². The lowest BCUT2D eigenvalue weighted by Gasteiger charge is -2.34. The van der Waals surface area contributed by atoms with Gasteiger partial charge in [0.15, 0.2) is 11.4 Å². The van der Waals surface area contributed by atoms with Crippen molar-refractivity contribution in [1.82, 2.24) is 14.9 Å². The molecule has 1 aliphatic rings. The predicted octanol–water partition coefficient (Wildman–Crippen LogP) is 3.75. The third-order valence-electron chi connectivity index (χ3n) is 5.92. The Labute approximate surface area is 180 Å². The second kappa shape index (κ2) is 8.00. The molecule has 0 unspecified atom stereocenters. The standard InChI is InChI=1S/C24H25N5O2/c1-16-6-5-7-17(2)21(16)27-20(30)14-28-10-12-29(13-11-28)24-23-22(25-15-26-24)18-8-3-4-9-19(18)31-23/h3-9,15H,10-14H2,1-2H3,(H,27,30). The molecule has 1 amide bonds. The Morgan fingerprint density at radius 1 is 1.00 bits per heavy atom. The maximum atomic E-state index is 12.6. The summed E-state index contributed by atoms with van der Waals surface area (Å²) in [4.78, 5) is 25.9. The van der Waals surface area contributed by atoms with E-state index in [0.717, 1.165) is 70.9 Å². The van der Waals surface area contributed by atoms with Crippen LogP contribution < -0.4 is 10.2 Å². The van der Waals surface area contributed by atoms with Crippen LogP contribution in [-0.4, -0.2) is 53.5 Å². The van der Waals surface area contributed by atoms with Crippen LogP contribution in [-0.2, 0) is 4.79 Å². The van der Waals surface area contributed by atoms with E-state index in [1.807, 2.05) is 56.3 Å². The zero-order chi connectivity index (χ0) is 21.4. The van der Waals surface area contributed by atoms with Gasteiger partial charge in [-0.1, -0.05) is 30.3 Å². The van der Waals surface area contributed by atoms with E-state index < -0.39 is 0 Å². The number of piperazine rings is 1. The van der Waals surface area contributed by atoms with Gasteiger partial charge in [-0.3, -0.25) is 9.69 Å². The largest absolute Gasteiger partial charge is 0.450 e. The van der Waals surface area contributed by atoms with Crippen molar-refractivity contribution >= 4 is 39.5 Å². The molecule has 7 heteroatoms. The lowest BCUT2D eigenvalue weighted by atomic mass is 10.1. The first-order valence-corrected chi connectivity index (χ1v) is 10.6. The highest BCUT2D eigenvalue weighted by Crippen LogP contribution is 2.32. The van der Waals surface area contributed by atoms with Gasteiger partial charge in [-0.05, 0) is 37.1 Å². The number of nitrogens with one attached hydrogen (secondary N) is 1. The zero-order valence-corrected chi connectivity index (χ0v) is 17.8. The first-order valence-electron chi connectivity index (χ1n) is 10.6. The molecule has 2 aromatic carbocycles. The van der Waals surface area contributed by atoms with Crippen LogP contribution in [0.15, 0.2) is 53.2 Å². The number of hydrogen-bond donors (Lipinski definition) is 1. The van der Waals surface area contributed by atoms with Crippen LogP contribution in [0.2, 0.25) is 0 Å². The van der Waals surface area contributed by atoms with E-state index in [-0.39, 0.29) is 5.91 Å². The number of anilines is 2. The van der Waals surface area contributed by atoms with E-state index in [2.05, 4.69) is 25.1 Å². The fraction of sp³-hybridized carbons (Fsp3) is 0.292. The number of hydrogen-bond acceptors (Lipinski definition) is 6. The molecule has 0 bridgehead atoms. The van der Waals surface area contributed by atoms with Crippen molar-refractivity contribution in [3.63, 3.8) is 0 Å². The molecule has 2 aromatic heterocycles. The summed E-state index contributed by atoms with van der Waals surface area (Å²) in [6, 6.07) is 14.0. The first-order chi connectivity index (χ1) is 15.1. The maximum Gasteiger partial charge on any atom is 0.238 e. The fourth-order valence-electron chi connectivity index (χ4n) is 4.25. The lowest BCUT2D eigenvalue weighted by Crippen LogP contribution is -2.49. The Morgan fingerprint density at radius 2 is 1.74 bits per heavy atom. The summed E-state index contributed by atoms with van der Waals surface area (Å²) in [7, 11) is 0. The van der Waals surface area contributed by atoms with E-state index in [4.69, 9.17) is 4.42 Å². The van der Waals surface area contributed by atoms with Crippen LogP contribution in [0.25, 0.3) is 22.1 Å². The molecule has 0 atom stereocenters. The van der Waals surface area contributed by atoms with Crippen LogP contribution in [0.3, 0.4) is 0 Å². The molecular weight excluding hydrogens is 390 g/mol. The quantitative estimate of drug-likeness (QED) is 0.547. The van der Waals surface area contributed by atoms with E-state index in [0.29, 0.717) is 6.54 Å². The summed E-state index contributed by atoms with van der Waals surface area (Å²) in [6.07, 6.45) is 1.60. The number of furan rings is 1. The van der Waals surface area contributed by atoms with E-state index in [1.54, 1.807) is 6.33 Å². The van der Waals surface area contributed by atoms with Gasteiger partial charge in [-0.25, -0.2) is 9.97 Å². The van der Waals surface area contributed by atoms with E-state index >= 15 is 0 Å². The van der Waals surface area contributed by atoms with Crippen LogP contribution in [0.5, 0.6) is 0 Å². The predicted molar refractivity (Wildman–Crippen MR) is 123 cm³/mol. The summed E-state index contributed by atoms with van der Waals surface area (Å²) in [5, 5.41) is 4.08. The van der Waals surface area contributed by atoms with Crippen molar-refractivity contribution < 1.29 is 9.21 Å². The second-order valence-electron chi connectivity index (χ2n) is 8.05. The van der Waals surface area contributed by atoms with Gasteiger partial charge in [0, 0.05) is 37.3 Å². The minimum Gasteiger partial charge on any atom is -0.450 e. The molecule has 0 aliphatic carbocycles. The van der Waals surface area contributed by atoms with Crippen LogP contribution in [0, 0.1) is 13.8 Å². The highest BCUT2D eigenvalue weighted by atomic mass is 16.3. The minimum absolute atomic E-state index is 0.0209. The number of carbonyl (C=O) groups excluding carboxylic acids is 1. The number of para-hydroxylation sites is 2. The van der Waals surface area contributed by atoms with Crippen molar-refractivity contribution in [3.05, 3.63) is 59.9 Å². The molecule has 158 valence electrons. The minimum atomic E-state index is 0.0209. The molecule has 5 rings (SSSR count). The third-order valence-corrected chi connectivity index (χ3v) is 5.92. The second-order valence-corrected chi connectivity index (χ2v) is 8.05. The maximum absolute atomic E-state index is 12.6. The van der Waals surface area contributed by atoms with Gasteiger partial charge in [-0.15, -0.1) is 0 Å². The molecule has 4 aromatic rings. The Morgan fingerprint density at radius 3 is 2.52 bits per heavy atom. The van der Waals surface area contributed by atoms with E-state index in [9.17, 15) is 4.79 Å². The molecule has 1 aliphatic heterocycles. The van der Waals surface area contributed by atoms with Crippen LogP contribution in [0.4, 0.5) is 11.5 Å². The van der Waals surface area contributed by atoms with Gasteiger partial charge in [0.25, 0.3) is 0 Å². The molecular formula is C24H25N5O2. The van der Waals surface area contributed by atoms with Crippen molar-refractivity contribution in [2.75, 3.05) is 42.9 Å². The average Bonchev–Trinajstić information content (AvgIpc) is 3.16. The topological polar surface area (TPSA) is 74.5 Å². The Kier molecular flexibility index (Phi) is 5.03. The molecule has 3 heterocycles. The van der Waals surface area contributed by atoms with Gasteiger partial charge in [-0.2, -0.15) is 0 Å². The van der Waals surface area contributed by atoms with Crippen LogP contribution in [0.1, 0.15) is 11.1 Å². The lowest BCUT2D eigenvalue weighted by molar-refractivity contribution is -0.117. The van der Waals surface area contributed by atoms with Gasteiger partial charge in [0.1, 0.15) is 17.4 Å². The fourth-order valence-corrected chi connectivity index (χ4v) is 4.25. The molecule has 31 heavy (non-hydrogen) atoms. The number of nitrogens with zero attached hydrogens (tertiary/aromatic N) is 4. The third kappa shape index (κ3) is 3.72. The number of rotatable bonds is 4. The molecule has 7 nitrogen and oxygen atoms in total. The molecule has 0 spiro atoms. The van der Waals surface area contributed by atoms with Crippen LogP contribution >= 0.6 is 0 Å². The molecule has 1 N–H and O–H groups in total. The van der Waals surface area contributed by atoms with Gasteiger partial charge in [0.2, 0.25) is 5.91 Å². The SMILES string of the molecule is Cc1cccc(C)c1NC(=O)CN1CCN(c2ncnc3c2oc2ccccc23)CC1. The average molecular weight is 415 g/mol. The Hall–Kier alpha value is -3.45. The van der Waals surface area contributed by atoms with Gasteiger partial charge >= 0.3 is 0 Å². The summed E-state index contributed by atoms with van der Waals surface area (Å²) in [5.41, 5.74) is 5.47. The number of carbonyl (C=O) groups is 1. The van der Waals surface area contributed by atoms with Gasteiger partial charge < -0.3 is 14.6 Å². The molecule has 0 saturated carbocycles. The Bertz CT molecular complexity index is 1240. The van der Waals surface area contributed by atoms with Gasteiger partial charge in [0.05, 0.1) is 6.54 Å². The molecule has 1 fully saturated rings. The number of aryl methyl sites for hydroxylation is 2. The zero-order valence-electron chi connectivity index (χ0n) is 17.8. The molecule has 1 saturated heterocycles. The highest BCUT2D eigenvalue weighted by Gasteiger charge is 2.24. The summed E-state index contributed by atoms with van der Waals surface area (Å²) < 4.78 is 6.07. The molecule has 0 radical (unpaired) electrons. The number of benzene rings is 2. The van der Waals surface area contributed by atoms with Crippen molar-refractivity contribution in [2.24, 2.45) is 0 Å². The first kappa shape index (κ1) is 19.5. The summed E-state index contributed by atoms with van der Waals surface area (Å²) in [6.45, 7) is 7.53. The number of fused-ring (bicyclic) bond motifs is 3. The van der Waals surface area contributed by atoms with Crippen molar-refractivity contribution in [3.8, 4) is 0 Å². The Balaban J connectivity index is 1.26. The van der Waals surface area contributed by atoms with Crippen molar-refractivity contribution in [2.45, 2.75) is 13.8 Å². The summed E-state index contributed by atoms with van der Waals surface area (Å²) >= 11 is 0. The summed E-state index contributed by atoms with van der Waals surface area (Å²) in [5.74, 6) is 0.841. The monoisotopic (exact) mass is 415 g/mol. The highest BCUT2D eigenvalue weighted by molar-refractivity contribution is 6.05.